The van der Waals surface area contributed by atoms with E-state index in [2.05, 4.69) is 0 Å². The minimum Gasteiger partial charge on any atom is -0.486 e. The molecule has 0 spiro atoms. The van der Waals surface area contributed by atoms with Crippen molar-refractivity contribution in [2.24, 2.45) is 5.73 Å². The molecule has 0 amide bonds. The van der Waals surface area contributed by atoms with Crippen LogP contribution < -0.4 is 15.2 Å². The monoisotopic (exact) mass is 229 g/mol. The van der Waals surface area contributed by atoms with Gasteiger partial charge in [-0.1, -0.05) is 12.1 Å². The van der Waals surface area contributed by atoms with Crippen molar-refractivity contribution in [3.8, 4) is 11.5 Å². The lowest BCUT2D eigenvalue weighted by Crippen LogP contribution is -2.23. The molecule has 0 fully saturated rings. The predicted octanol–water partition coefficient (Wildman–Crippen LogP) is 1.77. The molecule has 88 valence electrons. The van der Waals surface area contributed by atoms with Crippen LogP contribution in [-0.4, -0.2) is 26.2 Å². The summed E-state index contributed by atoms with van der Waals surface area (Å²) in [5.74, 6) is -0.0796. The zero-order valence-corrected chi connectivity index (χ0v) is 8.66. The summed E-state index contributed by atoms with van der Waals surface area (Å²) in [5, 5.41) is 0. The number of benzene rings is 1. The fourth-order valence-corrected chi connectivity index (χ4v) is 1.75. The number of para-hydroxylation sites is 1. The van der Waals surface area contributed by atoms with Crippen LogP contribution in [0.2, 0.25) is 0 Å². The van der Waals surface area contributed by atoms with Crippen molar-refractivity contribution in [3.63, 3.8) is 0 Å². The Morgan fingerprint density at radius 3 is 2.69 bits per heavy atom. The van der Waals surface area contributed by atoms with Crippen molar-refractivity contribution in [2.75, 3.05) is 19.8 Å². The minimum atomic E-state index is -2.50. The molecule has 1 aliphatic heterocycles. The van der Waals surface area contributed by atoms with Crippen LogP contribution in [0.5, 0.6) is 11.5 Å². The van der Waals surface area contributed by atoms with E-state index in [1.807, 2.05) is 0 Å². The maximum atomic E-state index is 12.8. The van der Waals surface area contributed by atoms with Gasteiger partial charge in [-0.15, -0.1) is 0 Å². The summed E-state index contributed by atoms with van der Waals surface area (Å²) in [6, 6.07) is 4.99. The van der Waals surface area contributed by atoms with Crippen LogP contribution in [0.3, 0.4) is 0 Å². The van der Waals surface area contributed by atoms with Crippen molar-refractivity contribution in [1.82, 2.24) is 0 Å². The van der Waals surface area contributed by atoms with Gasteiger partial charge in [-0.25, -0.2) is 8.78 Å². The molecule has 5 heteroatoms. The fourth-order valence-electron chi connectivity index (χ4n) is 1.75. The van der Waals surface area contributed by atoms with E-state index >= 15 is 0 Å². The molecule has 0 radical (unpaired) electrons. The molecule has 1 aromatic rings. The van der Waals surface area contributed by atoms with E-state index in [1.165, 1.54) is 0 Å². The summed E-state index contributed by atoms with van der Waals surface area (Å²) in [6.45, 7) is 0.709. The zero-order valence-electron chi connectivity index (χ0n) is 8.66. The van der Waals surface area contributed by atoms with Crippen molar-refractivity contribution >= 4 is 0 Å². The van der Waals surface area contributed by atoms with E-state index in [9.17, 15) is 8.78 Å². The van der Waals surface area contributed by atoms with Gasteiger partial charge in [0.15, 0.2) is 11.5 Å². The third-order valence-corrected chi connectivity index (χ3v) is 2.55. The minimum absolute atomic E-state index is 0.114. The quantitative estimate of drug-likeness (QED) is 0.859. The van der Waals surface area contributed by atoms with E-state index in [1.54, 1.807) is 18.2 Å². The molecule has 1 heterocycles. The van der Waals surface area contributed by atoms with Gasteiger partial charge in [0.2, 0.25) is 6.43 Å². The highest BCUT2D eigenvalue weighted by atomic mass is 19.3. The molecule has 3 nitrogen and oxygen atoms in total. The summed E-state index contributed by atoms with van der Waals surface area (Å²) in [4.78, 5) is 0. The third-order valence-electron chi connectivity index (χ3n) is 2.55. The molecule has 0 saturated carbocycles. The van der Waals surface area contributed by atoms with Crippen molar-refractivity contribution in [3.05, 3.63) is 23.8 Å². The van der Waals surface area contributed by atoms with E-state index in [0.29, 0.717) is 30.3 Å². The Labute approximate surface area is 92.1 Å². The second-order valence-electron chi connectivity index (χ2n) is 3.55. The highest BCUT2D eigenvalue weighted by Gasteiger charge is 2.27. The average molecular weight is 229 g/mol. The number of fused-ring (bicyclic) bond motifs is 1. The summed E-state index contributed by atoms with van der Waals surface area (Å²) in [6.07, 6.45) is -2.50. The third kappa shape index (κ3) is 1.95. The highest BCUT2D eigenvalue weighted by Crippen LogP contribution is 2.39. The van der Waals surface area contributed by atoms with Crippen LogP contribution in [0.4, 0.5) is 8.78 Å². The average Bonchev–Trinajstić information content (AvgIpc) is 2.30. The Bertz CT molecular complexity index is 371. The Morgan fingerprint density at radius 1 is 1.25 bits per heavy atom. The lowest BCUT2D eigenvalue weighted by atomic mass is 9.98. The van der Waals surface area contributed by atoms with E-state index in [4.69, 9.17) is 15.2 Å². The highest BCUT2D eigenvalue weighted by molar-refractivity contribution is 5.49. The molecular weight excluding hydrogens is 216 g/mol. The summed E-state index contributed by atoms with van der Waals surface area (Å²) in [7, 11) is 0. The summed E-state index contributed by atoms with van der Waals surface area (Å²) >= 11 is 0. The van der Waals surface area contributed by atoms with Gasteiger partial charge in [-0.05, 0) is 6.07 Å². The Kier molecular flexibility index (Phi) is 3.24. The van der Waals surface area contributed by atoms with Crippen LogP contribution in [0.25, 0.3) is 0 Å². The van der Waals surface area contributed by atoms with Crippen LogP contribution in [-0.2, 0) is 0 Å². The molecule has 0 aromatic heterocycles. The smallest absolute Gasteiger partial charge is 0.246 e. The molecular formula is C11H13F2NO2. The standard InChI is InChI=1S/C11H13F2NO2/c12-11(13)8(6-14)7-2-1-3-9-10(7)16-5-4-15-9/h1-3,8,11H,4-6,14H2. The zero-order chi connectivity index (χ0) is 11.5. The second-order valence-corrected chi connectivity index (χ2v) is 3.55. The van der Waals surface area contributed by atoms with E-state index < -0.39 is 12.3 Å². The lowest BCUT2D eigenvalue weighted by Gasteiger charge is -2.24. The van der Waals surface area contributed by atoms with E-state index in [-0.39, 0.29) is 6.54 Å². The lowest BCUT2D eigenvalue weighted by molar-refractivity contribution is 0.112. The van der Waals surface area contributed by atoms with Crippen molar-refractivity contribution in [1.29, 1.82) is 0 Å². The number of alkyl halides is 2. The van der Waals surface area contributed by atoms with Gasteiger partial charge < -0.3 is 15.2 Å². The molecule has 0 saturated heterocycles. The van der Waals surface area contributed by atoms with Gasteiger partial charge in [0.05, 0.1) is 5.92 Å². The first kappa shape index (κ1) is 11.1. The van der Waals surface area contributed by atoms with Gasteiger partial charge >= 0.3 is 0 Å². The number of nitrogens with two attached hydrogens (primary N) is 1. The van der Waals surface area contributed by atoms with Crippen LogP contribution in [0, 0.1) is 0 Å². The Morgan fingerprint density at radius 2 is 2.00 bits per heavy atom. The first-order valence-corrected chi connectivity index (χ1v) is 5.10. The van der Waals surface area contributed by atoms with Gasteiger partial charge in [0, 0.05) is 12.1 Å². The fraction of sp³-hybridized carbons (Fsp3) is 0.455. The topological polar surface area (TPSA) is 44.5 Å². The molecule has 2 rings (SSSR count). The molecule has 1 unspecified atom stereocenters. The van der Waals surface area contributed by atoms with Crippen LogP contribution in [0.15, 0.2) is 18.2 Å². The number of rotatable bonds is 3. The predicted molar refractivity (Wildman–Crippen MR) is 55.2 cm³/mol. The van der Waals surface area contributed by atoms with Crippen LogP contribution >= 0.6 is 0 Å². The second kappa shape index (κ2) is 4.65. The SMILES string of the molecule is NCC(c1cccc2c1OCCO2)C(F)F. The van der Waals surface area contributed by atoms with E-state index in [0.717, 1.165) is 0 Å². The van der Waals surface area contributed by atoms with Crippen molar-refractivity contribution in [2.45, 2.75) is 12.3 Å². The normalized spacial score (nSPS) is 16.2. The van der Waals surface area contributed by atoms with Gasteiger partial charge in [0.25, 0.3) is 0 Å². The van der Waals surface area contributed by atoms with Crippen LogP contribution in [0.1, 0.15) is 11.5 Å². The molecule has 1 aromatic carbocycles. The number of halogens is 2. The molecule has 1 aliphatic rings. The van der Waals surface area contributed by atoms with Gasteiger partial charge in [-0.3, -0.25) is 0 Å². The summed E-state index contributed by atoms with van der Waals surface area (Å²) in [5.41, 5.74) is 5.79. The molecule has 16 heavy (non-hydrogen) atoms. The summed E-state index contributed by atoms with van der Waals surface area (Å²) < 4.78 is 36.3. The van der Waals surface area contributed by atoms with Crippen molar-refractivity contribution < 1.29 is 18.3 Å². The number of ether oxygens (including phenoxy) is 2. The molecule has 2 N–H and O–H groups in total. The Balaban J connectivity index is 2.39. The maximum Gasteiger partial charge on any atom is 0.246 e. The molecule has 1 atom stereocenters. The first-order valence-electron chi connectivity index (χ1n) is 5.10. The largest absolute Gasteiger partial charge is 0.486 e. The molecule has 0 aliphatic carbocycles. The first-order chi connectivity index (χ1) is 7.74. The Hall–Kier alpha value is -1.36. The van der Waals surface area contributed by atoms with Gasteiger partial charge in [0.1, 0.15) is 13.2 Å². The number of hydrogen-bond donors (Lipinski definition) is 1. The maximum absolute atomic E-state index is 12.8. The molecule has 0 bridgehead atoms. The van der Waals surface area contributed by atoms with Gasteiger partial charge in [-0.2, -0.15) is 0 Å². The number of hydrogen-bond acceptors (Lipinski definition) is 3.